The molecule has 0 heterocycles. The Kier molecular flexibility index (Phi) is 4.91. The van der Waals surface area contributed by atoms with Crippen molar-refractivity contribution >= 4 is 10.0 Å². The molecule has 118 valence electrons. The van der Waals surface area contributed by atoms with E-state index >= 15 is 0 Å². The van der Waals surface area contributed by atoms with Crippen LogP contribution in [-0.2, 0) is 14.8 Å². The minimum Gasteiger partial charge on any atom is -0.490 e. The van der Waals surface area contributed by atoms with Crippen LogP contribution in [0.5, 0.6) is 5.75 Å². The van der Waals surface area contributed by atoms with Crippen molar-refractivity contribution in [1.29, 1.82) is 0 Å². The van der Waals surface area contributed by atoms with Gasteiger partial charge in [0.15, 0.2) is 0 Å². The van der Waals surface area contributed by atoms with E-state index < -0.39 is 10.0 Å². The third kappa shape index (κ3) is 3.75. The monoisotopic (exact) mass is 313 g/mol. The highest BCUT2D eigenvalue weighted by atomic mass is 32.2. The van der Waals surface area contributed by atoms with E-state index in [-0.39, 0.29) is 17.1 Å². The summed E-state index contributed by atoms with van der Waals surface area (Å²) < 4.78 is 34.5. The molecule has 0 saturated heterocycles. The quantitative estimate of drug-likeness (QED) is 0.925. The van der Waals surface area contributed by atoms with E-state index in [0.29, 0.717) is 5.56 Å². The maximum Gasteiger partial charge on any atom is 0.238 e. The molecule has 1 aliphatic rings. The molecule has 0 spiro atoms. The normalized spacial score (nSPS) is 23.0. The Balaban J connectivity index is 2.20. The first-order valence-corrected chi connectivity index (χ1v) is 8.70. The molecule has 1 aromatic carbocycles. The van der Waals surface area contributed by atoms with E-state index in [1.807, 2.05) is 6.92 Å². The lowest BCUT2D eigenvalue weighted by Crippen LogP contribution is -2.29. The predicted octanol–water partition coefficient (Wildman–Crippen LogP) is 2.29. The molecule has 6 heteroatoms. The number of hydrogen-bond acceptors (Lipinski definition) is 4. The first kappa shape index (κ1) is 16.3. The first-order valence-electron chi connectivity index (χ1n) is 7.15. The molecule has 0 bridgehead atoms. The summed E-state index contributed by atoms with van der Waals surface area (Å²) >= 11 is 0. The Bertz CT molecular complexity index is 612. The molecule has 0 radical (unpaired) electrons. The van der Waals surface area contributed by atoms with E-state index in [0.717, 1.165) is 37.0 Å². The molecule has 0 aliphatic heterocycles. The summed E-state index contributed by atoms with van der Waals surface area (Å²) in [6, 6.07) is 3.21. The molecular formula is C15H23NO4S. The van der Waals surface area contributed by atoms with Crippen LogP contribution in [-0.4, -0.2) is 27.7 Å². The van der Waals surface area contributed by atoms with Gasteiger partial charge >= 0.3 is 0 Å². The van der Waals surface area contributed by atoms with Gasteiger partial charge in [-0.2, -0.15) is 0 Å². The number of primary sulfonamides is 1. The van der Waals surface area contributed by atoms with Gasteiger partial charge in [-0.15, -0.1) is 0 Å². The highest BCUT2D eigenvalue weighted by Crippen LogP contribution is 2.30. The van der Waals surface area contributed by atoms with Gasteiger partial charge in [0.25, 0.3) is 0 Å². The molecule has 2 unspecified atom stereocenters. The van der Waals surface area contributed by atoms with Crippen LogP contribution in [0.2, 0.25) is 0 Å². The van der Waals surface area contributed by atoms with E-state index in [2.05, 4.69) is 0 Å². The molecule has 1 fully saturated rings. The van der Waals surface area contributed by atoms with Gasteiger partial charge in [-0.05, 0) is 56.4 Å². The summed E-state index contributed by atoms with van der Waals surface area (Å²) in [4.78, 5) is 0.158. The third-order valence-corrected chi connectivity index (χ3v) is 5.25. The zero-order valence-electron chi connectivity index (χ0n) is 12.8. The summed E-state index contributed by atoms with van der Waals surface area (Å²) in [5, 5.41) is 5.21. The van der Waals surface area contributed by atoms with Crippen molar-refractivity contribution in [3.63, 3.8) is 0 Å². The number of benzene rings is 1. The van der Waals surface area contributed by atoms with E-state index in [1.54, 1.807) is 20.1 Å². The highest BCUT2D eigenvalue weighted by molar-refractivity contribution is 7.89. The van der Waals surface area contributed by atoms with Gasteiger partial charge in [-0.25, -0.2) is 13.6 Å². The van der Waals surface area contributed by atoms with Gasteiger partial charge in [0, 0.05) is 13.5 Å². The third-order valence-electron chi connectivity index (χ3n) is 4.20. The maximum atomic E-state index is 11.5. The number of methoxy groups -OCH3 is 1. The van der Waals surface area contributed by atoms with Crippen LogP contribution in [0.15, 0.2) is 17.0 Å². The average Bonchev–Trinajstić information content (AvgIpc) is 2.43. The summed E-state index contributed by atoms with van der Waals surface area (Å²) in [5.74, 6) is 0.724. The van der Waals surface area contributed by atoms with Crippen LogP contribution < -0.4 is 9.88 Å². The Labute approximate surface area is 126 Å². The second-order valence-corrected chi connectivity index (χ2v) is 7.15. The Morgan fingerprint density at radius 1 is 1.14 bits per heavy atom. The lowest BCUT2D eigenvalue weighted by Gasteiger charge is -2.29. The topological polar surface area (TPSA) is 78.6 Å². The number of sulfonamides is 1. The average molecular weight is 313 g/mol. The number of rotatable bonds is 4. The minimum atomic E-state index is -3.69. The van der Waals surface area contributed by atoms with Gasteiger partial charge in [0.05, 0.1) is 11.0 Å². The van der Waals surface area contributed by atoms with Crippen molar-refractivity contribution < 1.29 is 17.9 Å². The predicted molar refractivity (Wildman–Crippen MR) is 81.0 cm³/mol. The van der Waals surface area contributed by atoms with Gasteiger partial charge in [-0.1, -0.05) is 0 Å². The number of hydrogen-bond donors (Lipinski definition) is 1. The lowest BCUT2D eigenvalue weighted by molar-refractivity contribution is 0.0207. The molecule has 2 rings (SSSR count). The lowest BCUT2D eigenvalue weighted by atomic mass is 9.94. The molecule has 2 atom stereocenters. The molecule has 2 N–H and O–H groups in total. The van der Waals surface area contributed by atoms with Crippen molar-refractivity contribution in [3.8, 4) is 5.75 Å². The number of ether oxygens (including phenoxy) is 2. The van der Waals surface area contributed by atoms with Crippen LogP contribution >= 0.6 is 0 Å². The van der Waals surface area contributed by atoms with Gasteiger partial charge in [-0.3, -0.25) is 0 Å². The van der Waals surface area contributed by atoms with Crippen LogP contribution in [0.1, 0.15) is 36.8 Å². The number of nitrogens with two attached hydrogens (primary N) is 1. The van der Waals surface area contributed by atoms with Crippen LogP contribution in [0.25, 0.3) is 0 Å². The summed E-state index contributed by atoms with van der Waals surface area (Å²) in [6.45, 7) is 3.61. The SMILES string of the molecule is COC1CCCC(Oc2ccc(S(N)(=O)=O)c(C)c2C)C1. The second kappa shape index (κ2) is 6.34. The molecule has 1 aromatic rings. The molecule has 1 aliphatic carbocycles. The van der Waals surface area contributed by atoms with Crippen molar-refractivity contribution in [2.75, 3.05) is 7.11 Å². The van der Waals surface area contributed by atoms with Crippen LogP contribution in [0.3, 0.4) is 0 Å². The molecular weight excluding hydrogens is 290 g/mol. The van der Waals surface area contributed by atoms with Crippen molar-refractivity contribution in [2.45, 2.75) is 56.6 Å². The van der Waals surface area contributed by atoms with Gasteiger partial charge in [0.1, 0.15) is 11.9 Å². The zero-order chi connectivity index (χ0) is 15.6. The highest BCUT2D eigenvalue weighted by Gasteiger charge is 2.24. The van der Waals surface area contributed by atoms with E-state index in [4.69, 9.17) is 14.6 Å². The standard InChI is InChI=1S/C15H23NO4S/c1-10-11(2)15(21(16,17)18)8-7-14(10)20-13-6-4-5-12(9-13)19-3/h7-8,12-13H,4-6,9H2,1-3H3,(H2,16,17,18). The van der Waals surface area contributed by atoms with E-state index in [9.17, 15) is 8.42 Å². The van der Waals surface area contributed by atoms with Crippen molar-refractivity contribution in [3.05, 3.63) is 23.3 Å². The molecule has 5 nitrogen and oxygen atoms in total. The molecule has 21 heavy (non-hydrogen) atoms. The minimum absolute atomic E-state index is 0.113. The maximum absolute atomic E-state index is 11.5. The molecule has 1 saturated carbocycles. The fourth-order valence-corrected chi connectivity index (χ4v) is 3.65. The summed E-state index contributed by atoms with van der Waals surface area (Å²) in [7, 11) is -1.97. The van der Waals surface area contributed by atoms with Gasteiger partial charge in [0.2, 0.25) is 10.0 Å². The molecule has 0 aromatic heterocycles. The van der Waals surface area contributed by atoms with Crippen molar-refractivity contribution in [1.82, 2.24) is 0 Å². The van der Waals surface area contributed by atoms with Crippen molar-refractivity contribution in [2.24, 2.45) is 5.14 Å². The fraction of sp³-hybridized carbons (Fsp3) is 0.600. The Morgan fingerprint density at radius 2 is 1.81 bits per heavy atom. The Hall–Kier alpha value is -1.11. The first-order chi connectivity index (χ1) is 9.82. The van der Waals surface area contributed by atoms with Crippen LogP contribution in [0, 0.1) is 13.8 Å². The van der Waals surface area contributed by atoms with Crippen LogP contribution in [0.4, 0.5) is 0 Å². The second-order valence-electron chi connectivity index (χ2n) is 5.62. The molecule has 0 amide bonds. The smallest absolute Gasteiger partial charge is 0.238 e. The summed E-state index contributed by atoms with van der Waals surface area (Å²) in [6.07, 6.45) is 4.37. The summed E-state index contributed by atoms with van der Waals surface area (Å²) in [5.41, 5.74) is 1.47. The zero-order valence-corrected chi connectivity index (χ0v) is 13.6. The van der Waals surface area contributed by atoms with E-state index in [1.165, 1.54) is 6.07 Å². The fourth-order valence-electron chi connectivity index (χ4n) is 2.81. The Morgan fingerprint density at radius 3 is 2.43 bits per heavy atom. The largest absolute Gasteiger partial charge is 0.490 e. The van der Waals surface area contributed by atoms with Gasteiger partial charge < -0.3 is 9.47 Å².